The van der Waals surface area contributed by atoms with Crippen molar-refractivity contribution in [3.63, 3.8) is 0 Å². The van der Waals surface area contributed by atoms with Crippen molar-refractivity contribution in [1.82, 2.24) is 4.90 Å². The molecule has 0 amide bonds. The zero-order valence-corrected chi connectivity index (χ0v) is 12.6. The van der Waals surface area contributed by atoms with Crippen molar-refractivity contribution in [2.75, 3.05) is 38.1 Å². The molecule has 1 saturated heterocycles. The molecule has 1 aliphatic rings. The van der Waals surface area contributed by atoms with Gasteiger partial charge in [0.2, 0.25) is 0 Å². The second-order valence-corrected chi connectivity index (χ2v) is 5.66. The van der Waals surface area contributed by atoms with Crippen LogP contribution in [0, 0.1) is 5.82 Å². The first-order valence-corrected chi connectivity index (χ1v) is 7.60. The first kappa shape index (κ1) is 15.3. The summed E-state index contributed by atoms with van der Waals surface area (Å²) in [4.78, 5) is 4.61. The summed E-state index contributed by atoms with van der Waals surface area (Å²) in [6.45, 7) is 5.73. The van der Waals surface area contributed by atoms with E-state index in [2.05, 4.69) is 23.8 Å². The van der Waals surface area contributed by atoms with Crippen LogP contribution in [0.5, 0.6) is 0 Å². The van der Waals surface area contributed by atoms with Crippen molar-refractivity contribution >= 4 is 5.69 Å². The Kier molecular flexibility index (Phi) is 5.38. The maximum Gasteiger partial charge on any atom is 0.146 e. The van der Waals surface area contributed by atoms with Crippen LogP contribution < -0.4 is 10.6 Å². The van der Waals surface area contributed by atoms with Gasteiger partial charge in [-0.3, -0.25) is 0 Å². The van der Waals surface area contributed by atoms with Crippen molar-refractivity contribution in [3.8, 4) is 0 Å². The highest BCUT2D eigenvalue weighted by atomic mass is 19.1. The molecule has 1 aromatic carbocycles. The number of nitrogens with two attached hydrogens (primary N) is 1. The fourth-order valence-electron chi connectivity index (χ4n) is 3.13. The van der Waals surface area contributed by atoms with Crippen LogP contribution in [0.3, 0.4) is 0 Å². The second kappa shape index (κ2) is 7.04. The lowest BCUT2D eigenvalue weighted by Crippen LogP contribution is -2.40. The van der Waals surface area contributed by atoms with Crippen molar-refractivity contribution < 1.29 is 4.39 Å². The molecule has 0 saturated carbocycles. The van der Waals surface area contributed by atoms with E-state index >= 15 is 0 Å². The normalized spacial score (nSPS) is 21.0. The Morgan fingerprint density at radius 3 is 2.85 bits per heavy atom. The zero-order chi connectivity index (χ0) is 14.5. The predicted octanol–water partition coefficient (Wildman–Crippen LogP) is 2.25. The van der Waals surface area contributed by atoms with Gasteiger partial charge in [-0.1, -0.05) is 19.1 Å². The van der Waals surface area contributed by atoms with Crippen LogP contribution >= 0.6 is 0 Å². The fraction of sp³-hybridized carbons (Fsp3) is 0.625. The summed E-state index contributed by atoms with van der Waals surface area (Å²) in [6, 6.07) is 5.73. The fourth-order valence-corrected chi connectivity index (χ4v) is 3.13. The van der Waals surface area contributed by atoms with Crippen molar-refractivity contribution in [2.24, 2.45) is 5.73 Å². The molecule has 1 aromatic rings. The third kappa shape index (κ3) is 3.30. The lowest BCUT2D eigenvalue weighted by Gasteiger charge is -2.34. The molecule has 1 unspecified atom stereocenters. The third-order valence-electron chi connectivity index (χ3n) is 4.14. The number of para-hydroxylation sites is 1. The van der Waals surface area contributed by atoms with E-state index in [1.54, 1.807) is 12.1 Å². The molecule has 4 heteroatoms. The van der Waals surface area contributed by atoms with Gasteiger partial charge in [0.25, 0.3) is 0 Å². The van der Waals surface area contributed by atoms with Gasteiger partial charge in [-0.05, 0) is 51.0 Å². The van der Waals surface area contributed by atoms with Gasteiger partial charge in [0.05, 0.1) is 5.69 Å². The maximum atomic E-state index is 14.4. The van der Waals surface area contributed by atoms with Crippen LogP contribution in [0.25, 0.3) is 0 Å². The van der Waals surface area contributed by atoms with Gasteiger partial charge >= 0.3 is 0 Å². The zero-order valence-electron chi connectivity index (χ0n) is 12.6. The quantitative estimate of drug-likeness (QED) is 0.917. The van der Waals surface area contributed by atoms with Crippen LogP contribution in [-0.2, 0) is 6.42 Å². The van der Waals surface area contributed by atoms with E-state index in [4.69, 9.17) is 5.73 Å². The van der Waals surface area contributed by atoms with Crippen LogP contribution in [0.2, 0.25) is 0 Å². The second-order valence-electron chi connectivity index (χ2n) is 5.66. The topological polar surface area (TPSA) is 32.5 Å². The molecule has 20 heavy (non-hydrogen) atoms. The Balaban J connectivity index is 2.36. The molecule has 112 valence electrons. The van der Waals surface area contributed by atoms with Crippen molar-refractivity contribution in [3.05, 3.63) is 29.6 Å². The average molecular weight is 279 g/mol. The number of hydrogen-bond acceptors (Lipinski definition) is 3. The van der Waals surface area contributed by atoms with E-state index in [0.29, 0.717) is 12.6 Å². The van der Waals surface area contributed by atoms with Gasteiger partial charge in [0, 0.05) is 19.1 Å². The van der Waals surface area contributed by atoms with Gasteiger partial charge in [0.15, 0.2) is 0 Å². The molecule has 2 N–H and O–H groups in total. The van der Waals surface area contributed by atoms with E-state index in [0.717, 1.165) is 50.1 Å². The van der Waals surface area contributed by atoms with E-state index in [1.807, 2.05) is 6.07 Å². The van der Waals surface area contributed by atoms with Gasteiger partial charge < -0.3 is 15.5 Å². The number of anilines is 1. The highest BCUT2D eigenvalue weighted by Gasteiger charge is 2.25. The molecular weight excluding hydrogens is 253 g/mol. The van der Waals surface area contributed by atoms with E-state index in [-0.39, 0.29) is 5.82 Å². The summed E-state index contributed by atoms with van der Waals surface area (Å²) in [7, 11) is 2.15. The minimum Gasteiger partial charge on any atom is -0.365 e. The van der Waals surface area contributed by atoms with Crippen molar-refractivity contribution in [2.45, 2.75) is 32.2 Å². The number of hydrogen-bond donors (Lipinski definition) is 1. The smallest absolute Gasteiger partial charge is 0.146 e. The molecule has 0 aromatic heterocycles. The molecule has 1 aliphatic heterocycles. The number of benzene rings is 1. The predicted molar refractivity (Wildman–Crippen MR) is 82.7 cm³/mol. The Bertz CT molecular complexity index is 436. The SMILES string of the molecule is CCC1CN(C)CCCN1c1c(F)cccc1CCN. The number of rotatable bonds is 4. The molecule has 0 spiro atoms. The standard InChI is InChI=1S/C16H26FN3/c1-3-14-12-19(2)10-5-11-20(14)16-13(8-9-18)6-4-7-15(16)17/h4,6-7,14H,3,5,8-12,18H2,1-2H3. The van der Waals surface area contributed by atoms with Crippen LogP contribution in [0.15, 0.2) is 18.2 Å². The van der Waals surface area contributed by atoms with Gasteiger partial charge in [-0.2, -0.15) is 0 Å². The molecule has 1 heterocycles. The van der Waals surface area contributed by atoms with Gasteiger partial charge in [-0.15, -0.1) is 0 Å². The highest BCUT2D eigenvalue weighted by molar-refractivity contribution is 5.56. The summed E-state index contributed by atoms with van der Waals surface area (Å²) in [6.07, 6.45) is 2.83. The third-order valence-corrected chi connectivity index (χ3v) is 4.14. The Morgan fingerprint density at radius 2 is 2.15 bits per heavy atom. The molecule has 2 rings (SSSR count). The summed E-state index contributed by atoms with van der Waals surface area (Å²) >= 11 is 0. The molecule has 0 radical (unpaired) electrons. The van der Waals surface area contributed by atoms with E-state index in [9.17, 15) is 4.39 Å². The molecule has 1 atom stereocenters. The summed E-state index contributed by atoms with van der Waals surface area (Å²) in [5, 5.41) is 0. The summed E-state index contributed by atoms with van der Waals surface area (Å²) in [5.74, 6) is -0.112. The van der Waals surface area contributed by atoms with Gasteiger partial charge in [0.1, 0.15) is 5.82 Å². The molecule has 0 bridgehead atoms. The monoisotopic (exact) mass is 279 g/mol. The first-order chi connectivity index (χ1) is 9.67. The molecule has 1 fully saturated rings. The lowest BCUT2D eigenvalue weighted by atomic mass is 10.0. The summed E-state index contributed by atoms with van der Waals surface area (Å²) in [5.41, 5.74) is 7.50. The van der Waals surface area contributed by atoms with Crippen LogP contribution in [0.4, 0.5) is 10.1 Å². The maximum absolute atomic E-state index is 14.4. The molecule has 3 nitrogen and oxygen atoms in total. The summed E-state index contributed by atoms with van der Waals surface area (Å²) < 4.78 is 14.4. The van der Waals surface area contributed by atoms with E-state index < -0.39 is 0 Å². The average Bonchev–Trinajstić information content (AvgIpc) is 2.61. The largest absolute Gasteiger partial charge is 0.365 e. The number of halogens is 1. The number of likely N-dealkylation sites (N-methyl/N-ethyl adjacent to an activating group) is 1. The van der Waals surface area contributed by atoms with E-state index in [1.165, 1.54) is 0 Å². The minimum absolute atomic E-state index is 0.112. The Labute approximate surface area is 121 Å². The molecule has 0 aliphatic carbocycles. The van der Waals surface area contributed by atoms with Crippen LogP contribution in [-0.4, -0.2) is 44.2 Å². The first-order valence-electron chi connectivity index (χ1n) is 7.60. The lowest BCUT2D eigenvalue weighted by molar-refractivity contribution is 0.327. The highest BCUT2D eigenvalue weighted by Crippen LogP contribution is 2.29. The van der Waals surface area contributed by atoms with Gasteiger partial charge in [-0.25, -0.2) is 4.39 Å². The molecular formula is C16H26FN3. The Morgan fingerprint density at radius 1 is 1.35 bits per heavy atom. The minimum atomic E-state index is -0.112. The van der Waals surface area contributed by atoms with Crippen molar-refractivity contribution in [1.29, 1.82) is 0 Å². The van der Waals surface area contributed by atoms with Crippen LogP contribution in [0.1, 0.15) is 25.3 Å². The number of nitrogens with zero attached hydrogens (tertiary/aromatic N) is 2. The Hall–Kier alpha value is -1.13.